The average molecular weight is 776 g/mol. The molecule has 0 aromatic rings. The van der Waals surface area contributed by atoms with Gasteiger partial charge in [0.15, 0.2) is 13.2 Å². The molecule has 0 rings (SSSR count). The first-order valence-corrected chi connectivity index (χ1v) is 11.6. The largest absolute Gasteiger partial charge is 0.456 e. The molecule has 0 radical (unpaired) electrons. The Labute approximate surface area is 257 Å². The van der Waals surface area contributed by atoms with Crippen LogP contribution < -0.4 is 0 Å². The van der Waals surface area contributed by atoms with Crippen LogP contribution in [0.1, 0.15) is 6.42 Å². The van der Waals surface area contributed by atoms with E-state index < -0.39 is 105 Å². The van der Waals surface area contributed by atoms with E-state index in [-0.39, 0.29) is 12.2 Å². The molecule has 0 amide bonds. The summed E-state index contributed by atoms with van der Waals surface area (Å²) < 4.78 is 287. The fourth-order valence-electron chi connectivity index (χ4n) is 2.19. The fourth-order valence-corrected chi connectivity index (χ4v) is 2.19. The van der Waals surface area contributed by atoms with Gasteiger partial charge in [0.2, 0.25) is 0 Å². The highest BCUT2D eigenvalue weighted by atomic mass is 19.4. The van der Waals surface area contributed by atoms with E-state index >= 15 is 0 Å². The van der Waals surface area contributed by atoms with E-state index in [9.17, 15) is 97.4 Å². The molecule has 288 valence electrons. The van der Waals surface area contributed by atoms with Gasteiger partial charge in [0.1, 0.15) is 0 Å². The Morgan fingerprint density at radius 1 is 0.449 bits per heavy atom. The van der Waals surface area contributed by atoms with Crippen molar-refractivity contribution in [2.24, 2.45) is 0 Å². The Bertz CT molecular complexity index is 1090. The number of alkyl halides is 20. The molecule has 0 unspecified atom stereocenters. The van der Waals surface area contributed by atoms with Gasteiger partial charge in [-0.3, -0.25) is 0 Å². The Morgan fingerprint density at radius 3 is 0.959 bits per heavy atom. The van der Waals surface area contributed by atoms with Crippen LogP contribution >= 0.6 is 0 Å². The van der Waals surface area contributed by atoms with Gasteiger partial charge in [-0.2, -0.15) is 87.8 Å². The molecule has 0 N–H and O–H groups in total. The first-order chi connectivity index (χ1) is 21.5. The normalized spacial score (nSPS) is 14.8. The van der Waals surface area contributed by atoms with Crippen molar-refractivity contribution < 1.29 is 126 Å². The molecule has 0 aliphatic heterocycles. The molecule has 8 nitrogen and oxygen atoms in total. The Morgan fingerprint density at radius 2 is 0.714 bits per heavy atom. The summed E-state index contributed by atoms with van der Waals surface area (Å²) >= 11 is 0. The van der Waals surface area contributed by atoms with Crippen molar-refractivity contribution >= 4 is 11.9 Å². The van der Waals surface area contributed by atoms with Gasteiger partial charge in [-0.15, -0.1) is 0 Å². The van der Waals surface area contributed by atoms with E-state index in [0.29, 0.717) is 0 Å². The monoisotopic (exact) mass is 776 g/mol. The number of hydrogen-bond acceptors (Lipinski definition) is 8. The van der Waals surface area contributed by atoms with Crippen molar-refractivity contribution in [1.82, 2.24) is 0 Å². The molecule has 49 heavy (non-hydrogen) atoms. The smallest absolute Gasteiger partial charge is 0.433 e. The minimum atomic E-state index is -7.40. The first-order valence-electron chi connectivity index (χ1n) is 11.6. The van der Waals surface area contributed by atoms with Gasteiger partial charge in [0.05, 0.1) is 13.2 Å². The summed E-state index contributed by atoms with van der Waals surface area (Å²) in [7, 11) is 0. The van der Waals surface area contributed by atoms with Crippen molar-refractivity contribution in [3.63, 3.8) is 0 Å². The summed E-state index contributed by atoms with van der Waals surface area (Å²) in [6, 6.07) is 0. The molecule has 0 saturated carbocycles. The lowest BCUT2D eigenvalue weighted by molar-refractivity contribution is -0.509. The highest BCUT2D eigenvalue weighted by molar-refractivity contribution is 5.81. The predicted octanol–water partition coefficient (Wildman–Crippen LogP) is 7.00. The SMILES string of the molecule is C=CC(=O)OCC(F)(F)C(F)(F)OC(F)(F)C(F)(F)C(F)(F)OCCCOC(F)(F)C(F)(F)C(F)(F)OC(F)(F)C(F)(F)COC(=O)C=C. The van der Waals surface area contributed by atoms with E-state index in [4.69, 9.17) is 0 Å². The Kier molecular flexibility index (Phi) is 14.0. The van der Waals surface area contributed by atoms with E-state index in [1.54, 1.807) is 0 Å². The number of esters is 2. The predicted molar refractivity (Wildman–Crippen MR) is 110 cm³/mol. The molecule has 0 heterocycles. The van der Waals surface area contributed by atoms with Gasteiger partial charge >= 0.3 is 72.3 Å². The summed E-state index contributed by atoms with van der Waals surface area (Å²) in [4.78, 5) is 21.3. The summed E-state index contributed by atoms with van der Waals surface area (Å²) in [5.74, 6) is -30.8. The van der Waals surface area contributed by atoms with Gasteiger partial charge in [-0.05, 0) is 6.42 Å². The van der Waals surface area contributed by atoms with Crippen molar-refractivity contribution in [3.05, 3.63) is 25.3 Å². The molecular formula is C21H16F20O8. The third kappa shape index (κ3) is 10.4. The molecule has 0 atom stereocenters. The van der Waals surface area contributed by atoms with Crippen LogP contribution in [-0.4, -0.2) is 98.7 Å². The molecule has 0 fully saturated rings. The molecule has 28 heteroatoms. The Balaban J connectivity index is 5.55. The van der Waals surface area contributed by atoms with Gasteiger partial charge in [-0.25, -0.2) is 19.1 Å². The van der Waals surface area contributed by atoms with Gasteiger partial charge < -0.3 is 18.9 Å². The maximum Gasteiger partial charge on any atom is 0.433 e. The minimum absolute atomic E-state index is 0.0682. The highest BCUT2D eigenvalue weighted by Crippen LogP contribution is 2.52. The van der Waals surface area contributed by atoms with E-state index in [1.165, 1.54) is 0 Å². The van der Waals surface area contributed by atoms with E-state index in [0.717, 1.165) is 0 Å². The maximum atomic E-state index is 13.7. The molecule has 0 aliphatic carbocycles. The van der Waals surface area contributed by atoms with Crippen LogP contribution in [0.2, 0.25) is 0 Å². The topological polar surface area (TPSA) is 89.5 Å². The second-order valence-corrected chi connectivity index (χ2v) is 8.54. The molecule has 0 bridgehead atoms. The zero-order valence-electron chi connectivity index (χ0n) is 22.9. The Hall–Kier alpha value is -3.14. The fraction of sp³-hybridized carbons (Fsp3) is 0.714. The van der Waals surface area contributed by atoms with Gasteiger partial charge in [-0.1, -0.05) is 13.2 Å². The highest BCUT2D eigenvalue weighted by Gasteiger charge is 2.80. The lowest BCUT2D eigenvalue weighted by Gasteiger charge is -2.35. The van der Waals surface area contributed by atoms with Gasteiger partial charge in [0, 0.05) is 12.2 Å². The number of halogens is 20. The van der Waals surface area contributed by atoms with Crippen LogP contribution in [0.4, 0.5) is 87.8 Å². The van der Waals surface area contributed by atoms with Crippen LogP contribution in [0.3, 0.4) is 0 Å². The molecule has 0 aliphatic rings. The molecule has 0 spiro atoms. The second-order valence-electron chi connectivity index (χ2n) is 8.54. The number of rotatable bonds is 22. The van der Waals surface area contributed by atoms with E-state index in [1.807, 2.05) is 9.47 Å². The van der Waals surface area contributed by atoms with Crippen molar-refractivity contribution in [2.75, 3.05) is 26.4 Å². The average Bonchev–Trinajstić information content (AvgIpc) is 2.92. The van der Waals surface area contributed by atoms with Crippen molar-refractivity contribution in [2.45, 2.75) is 66.8 Å². The molecule has 0 aromatic heterocycles. The zero-order valence-corrected chi connectivity index (χ0v) is 22.9. The third-order valence-corrected chi connectivity index (χ3v) is 4.81. The lowest BCUT2D eigenvalue weighted by atomic mass is 10.2. The molecule has 0 aromatic carbocycles. The number of carbonyl (C=O) groups is 2. The summed E-state index contributed by atoms with van der Waals surface area (Å²) in [5, 5.41) is 0. The van der Waals surface area contributed by atoms with Crippen LogP contribution in [0.25, 0.3) is 0 Å². The van der Waals surface area contributed by atoms with Crippen molar-refractivity contribution in [3.8, 4) is 0 Å². The minimum Gasteiger partial charge on any atom is -0.456 e. The second kappa shape index (κ2) is 15.0. The lowest BCUT2D eigenvalue weighted by Crippen LogP contribution is -2.61. The standard InChI is InChI=1S/C21H16F20O8/c1-3-10(42)44-8-12(22,23)16(30,31)48-20(38,39)14(26,27)18(34,35)46-6-5-7-47-19(36,37)15(28,29)21(40,41)49-17(32,33)13(24,25)9-45-11(43)4-2/h3-4H,1-2,5-9H2. The number of carbonyl (C=O) groups excluding carboxylic acids is 2. The number of ether oxygens (including phenoxy) is 6. The molecule has 0 saturated heterocycles. The first kappa shape index (κ1) is 45.9. The van der Waals surface area contributed by atoms with Gasteiger partial charge in [0.25, 0.3) is 0 Å². The van der Waals surface area contributed by atoms with E-state index in [2.05, 4.69) is 32.1 Å². The van der Waals surface area contributed by atoms with Crippen LogP contribution in [0, 0.1) is 0 Å². The summed E-state index contributed by atoms with van der Waals surface area (Å²) in [6.07, 6.45) is -43.8. The van der Waals surface area contributed by atoms with Crippen molar-refractivity contribution in [1.29, 1.82) is 0 Å². The van der Waals surface area contributed by atoms with Crippen LogP contribution in [0.5, 0.6) is 0 Å². The van der Waals surface area contributed by atoms with Crippen LogP contribution in [0.15, 0.2) is 25.3 Å². The summed E-state index contributed by atoms with van der Waals surface area (Å²) in [6.45, 7) is -5.26. The zero-order chi connectivity index (χ0) is 39.3. The third-order valence-electron chi connectivity index (χ3n) is 4.81. The summed E-state index contributed by atoms with van der Waals surface area (Å²) in [5.41, 5.74) is 0. The number of hydrogen-bond donors (Lipinski definition) is 0. The quantitative estimate of drug-likeness (QED) is 0.0503. The maximum absolute atomic E-state index is 13.7. The van der Waals surface area contributed by atoms with Crippen LogP contribution in [-0.2, 0) is 38.0 Å². The molecular weight excluding hydrogens is 760 g/mol.